The number of nitrogens with one attached hydrogen (secondary N) is 2. The summed E-state index contributed by atoms with van der Waals surface area (Å²) < 4.78 is 26.5. The Hall–Kier alpha value is -2.51. The number of benzene rings is 1. The monoisotopic (exact) mass is 294 g/mol. The average Bonchev–Trinajstić information content (AvgIpc) is 2.42. The highest BCUT2D eigenvalue weighted by molar-refractivity contribution is 5.56. The van der Waals surface area contributed by atoms with Crippen LogP contribution in [0.3, 0.4) is 0 Å². The van der Waals surface area contributed by atoms with Crippen molar-refractivity contribution in [1.82, 2.24) is 15.0 Å². The molecule has 2 rings (SSSR count). The number of hydrogen-bond donors (Lipinski definition) is 2. The normalized spacial score (nSPS) is 10.3. The molecule has 1 heterocycles. The third kappa shape index (κ3) is 3.74. The quantitative estimate of drug-likeness (QED) is 0.882. The Morgan fingerprint density at radius 2 is 1.81 bits per heavy atom. The molecule has 2 aromatic rings. The third-order valence-corrected chi connectivity index (χ3v) is 2.54. The Kier molecular flexibility index (Phi) is 4.46. The van der Waals surface area contributed by atoms with E-state index in [9.17, 15) is 8.78 Å². The van der Waals surface area contributed by atoms with Crippen LogP contribution < -0.4 is 15.5 Å². The van der Waals surface area contributed by atoms with Crippen LogP contribution in [-0.2, 0) is 0 Å². The van der Waals surface area contributed by atoms with Gasteiger partial charge in [-0.3, -0.25) is 0 Å². The van der Waals surface area contributed by atoms with Crippen molar-refractivity contribution in [2.24, 2.45) is 0 Å². The van der Waals surface area contributed by atoms with Gasteiger partial charge in [-0.1, -0.05) is 0 Å². The Morgan fingerprint density at radius 3 is 2.43 bits per heavy atom. The van der Waals surface area contributed by atoms with Crippen molar-refractivity contribution < 1.29 is 8.78 Å². The summed E-state index contributed by atoms with van der Waals surface area (Å²) in [7, 11) is 3.57. The van der Waals surface area contributed by atoms with Crippen LogP contribution in [0.5, 0.6) is 0 Å². The van der Waals surface area contributed by atoms with Crippen molar-refractivity contribution in [3.05, 3.63) is 29.8 Å². The third-order valence-electron chi connectivity index (χ3n) is 2.54. The van der Waals surface area contributed by atoms with Gasteiger partial charge in [-0.15, -0.1) is 0 Å². The summed E-state index contributed by atoms with van der Waals surface area (Å²) in [4.78, 5) is 14.2. The van der Waals surface area contributed by atoms with Gasteiger partial charge < -0.3 is 15.5 Å². The highest BCUT2D eigenvalue weighted by Crippen LogP contribution is 2.20. The molecule has 0 aliphatic heterocycles. The molecule has 1 aromatic carbocycles. The van der Waals surface area contributed by atoms with Gasteiger partial charge >= 0.3 is 0 Å². The zero-order valence-corrected chi connectivity index (χ0v) is 12.0. The molecule has 6 nitrogen and oxygen atoms in total. The van der Waals surface area contributed by atoms with Crippen LogP contribution in [0, 0.1) is 11.6 Å². The van der Waals surface area contributed by atoms with E-state index in [1.165, 1.54) is 6.07 Å². The van der Waals surface area contributed by atoms with Crippen molar-refractivity contribution in [3.63, 3.8) is 0 Å². The fourth-order valence-corrected chi connectivity index (χ4v) is 1.57. The average molecular weight is 294 g/mol. The molecule has 0 spiro atoms. The zero-order valence-electron chi connectivity index (χ0n) is 12.0. The summed E-state index contributed by atoms with van der Waals surface area (Å²) in [6, 6.07) is 3.24. The highest BCUT2D eigenvalue weighted by Gasteiger charge is 2.10. The molecule has 0 amide bonds. The van der Waals surface area contributed by atoms with Gasteiger partial charge in [0.05, 0.1) is 5.69 Å². The van der Waals surface area contributed by atoms with Crippen LogP contribution in [0.15, 0.2) is 18.2 Å². The molecule has 112 valence electrons. The van der Waals surface area contributed by atoms with E-state index in [0.717, 1.165) is 12.1 Å². The first-order chi connectivity index (χ1) is 9.99. The summed E-state index contributed by atoms with van der Waals surface area (Å²) in [6.45, 7) is 2.55. The van der Waals surface area contributed by atoms with E-state index in [-0.39, 0.29) is 11.6 Å². The lowest BCUT2D eigenvalue weighted by atomic mass is 10.3. The Balaban J connectivity index is 2.33. The maximum absolute atomic E-state index is 13.6. The predicted molar refractivity (Wildman–Crippen MR) is 78.0 cm³/mol. The molecule has 0 aliphatic carbocycles. The second-order valence-electron chi connectivity index (χ2n) is 4.46. The molecule has 0 saturated heterocycles. The fourth-order valence-electron chi connectivity index (χ4n) is 1.57. The molecule has 0 unspecified atom stereocenters. The standard InChI is InChI=1S/C13H16F2N6/c1-4-16-11-18-12(20-13(19-11)21(2)3)17-10-6-5-8(14)7-9(10)15/h5-7H,4H2,1-3H3,(H2,16,17,18,19,20). The summed E-state index contributed by atoms with van der Waals surface area (Å²) in [5, 5.41) is 5.69. The Morgan fingerprint density at radius 1 is 1.10 bits per heavy atom. The van der Waals surface area contributed by atoms with Crippen LogP contribution in [0.2, 0.25) is 0 Å². The topological polar surface area (TPSA) is 66.0 Å². The van der Waals surface area contributed by atoms with E-state index >= 15 is 0 Å². The smallest absolute Gasteiger partial charge is 0.233 e. The van der Waals surface area contributed by atoms with Gasteiger partial charge in [-0.2, -0.15) is 15.0 Å². The van der Waals surface area contributed by atoms with Gasteiger partial charge in [0.2, 0.25) is 17.8 Å². The van der Waals surface area contributed by atoms with Gasteiger partial charge in [0.1, 0.15) is 11.6 Å². The van der Waals surface area contributed by atoms with Crippen LogP contribution >= 0.6 is 0 Å². The Bertz CT molecular complexity index is 632. The molecule has 0 bridgehead atoms. The number of rotatable bonds is 5. The first kappa shape index (κ1) is 14.9. The zero-order chi connectivity index (χ0) is 15.4. The van der Waals surface area contributed by atoms with Crippen molar-refractivity contribution in [3.8, 4) is 0 Å². The van der Waals surface area contributed by atoms with Crippen LogP contribution in [0.4, 0.5) is 32.3 Å². The second-order valence-corrected chi connectivity index (χ2v) is 4.46. The number of halogens is 2. The number of hydrogen-bond acceptors (Lipinski definition) is 6. The van der Waals surface area contributed by atoms with E-state index in [0.29, 0.717) is 18.4 Å². The molecule has 0 atom stereocenters. The minimum Gasteiger partial charge on any atom is -0.354 e. The minimum absolute atomic E-state index is 0.0924. The van der Waals surface area contributed by atoms with Gasteiger partial charge in [0.15, 0.2) is 0 Å². The summed E-state index contributed by atoms with van der Waals surface area (Å²) in [5.74, 6) is -0.384. The van der Waals surface area contributed by atoms with Crippen LogP contribution in [-0.4, -0.2) is 35.6 Å². The summed E-state index contributed by atoms with van der Waals surface area (Å²) in [6.07, 6.45) is 0. The van der Waals surface area contributed by atoms with Crippen molar-refractivity contribution in [2.45, 2.75) is 6.92 Å². The van der Waals surface area contributed by atoms with Crippen molar-refractivity contribution >= 4 is 23.5 Å². The lowest BCUT2D eigenvalue weighted by Crippen LogP contribution is -2.16. The fraction of sp³-hybridized carbons (Fsp3) is 0.308. The van der Waals surface area contributed by atoms with E-state index in [2.05, 4.69) is 25.6 Å². The number of aromatic nitrogens is 3. The van der Waals surface area contributed by atoms with Crippen molar-refractivity contribution in [1.29, 1.82) is 0 Å². The maximum atomic E-state index is 13.6. The molecular formula is C13H16F2N6. The highest BCUT2D eigenvalue weighted by atomic mass is 19.1. The maximum Gasteiger partial charge on any atom is 0.233 e. The molecule has 0 radical (unpaired) electrons. The molecule has 0 saturated carbocycles. The van der Waals surface area contributed by atoms with Crippen LogP contribution in [0.1, 0.15) is 6.92 Å². The molecule has 0 fully saturated rings. The van der Waals surface area contributed by atoms with E-state index in [4.69, 9.17) is 0 Å². The van der Waals surface area contributed by atoms with E-state index in [1.54, 1.807) is 19.0 Å². The molecular weight excluding hydrogens is 278 g/mol. The lowest BCUT2D eigenvalue weighted by molar-refractivity contribution is 0.586. The van der Waals surface area contributed by atoms with Gasteiger partial charge in [-0.25, -0.2) is 8.78 Å². The largest absolute Gasteiger partial charge is 0.354 e. The molecule has 2 N–H and O–H groups in total. The van der Waals surface area contributed by atoms with Gasteiger partial charge in [-0.05, 0) is 19.1 Å². The lowest BCUT2D eigenvalue weighted by Gasteiger charge is -2.14. The van der Waals surface area contributed by atoms with Crippen LogP contribution in [0.25, 0.3) is 0 Å². The molecule has 1 aromatic heterocycles. The molecule has 21 heavy (non-hydrogen) atoms. The molecule has 8 heteroatoms. The molecule has 0 aliphatic rings. The van der Waals surface area contributed by atoms with Gasteiger partial charge in [0.25, 0.3) is 0 Å². The predicted octanol–water partition coefficient (Wildman–Crippen LogP) is 2.39. The SMILES string of the molecule is CCNc1nc(Nc2ccc(F)cc2F)nc(N(C)C)n1. The number of anilines is 4. The summed E-state index contributed by atoms with van der Waals surface area (Å²) >= 11 is 0. The minimum atomic E-state index is -0.716. The van der Waals surface area contributed by atoms with E-state index < -0.39 is 11.6 Å². The summed E-state index contributed by atoms with van der Waals surface area (Å²) in [5.41, 5.74) is 0.0924. The van der Waals surface area contributed by atoms with Crippen molar-refractivity contribution in [2.75, 3.05) is 36.2 Å². The Labute approximate surface area is 121 Å². The first-order valence-corrected chi connectivity index (χ1v) is 6.39. The van der Waals surface area contributed by atoms with E-state index in [1.807, 2.05) is 6.92 Å². The first-order valence-electron chi connectivity index (χ1n) is 6.39. The van der Waals surface area contributed by atoms with Gasteiger partial charge in [0, 0.05) is 26.7 Å². The second kappa shape index (κ2) is 6.29. The number of nitrogens with zero attached hydrogens (tertiary/aromatic N) is 4.